The van der Waals surface area contributed by atoms with Gasteiger partial charge in [0.25, 0.3) is 5.56 Å². The summed E-state index contributed by atoms with van der Waals surface area (Å²) in [6.07, 6.45) is 0. The highest BCUT2D eigenvalue weighted by Crippen LogP contribution is 2.39. The lowest BCUT2D eigenvalue weighted by atomic mass is 10.1. The van der Waals surface area contributed by atoms with Crippen LogP contribution in [0.1, 0.15) is 24.3 Å². The largest absolute Gasteiger partial charge is 0.493 e. The molecular weight excluding hydrogens is 370 g/mol. The monoisotopic (exact) mass is 389 g/mol. The average molecular weight is 389 g/mol. The van der Waals surface area contributed by atoms with Crippen molar-refractivity contribution >= 4 is 33.3 Å². The summed E-state index contributed by atoms with van der Waals surface area (Å²) in [7, 11) is 0. The van der Waals surface area contributed by atoms with Crippen molar-refractivity contribution in [3.8, 4) is 5.88 Å². The van der Waals surface area contributed by atoms with Crippen molar-refractivity contribution < 1.29 is 9.90 Å². The number of fused-ring (bicyclic) bond motifs is 2. The lowest BCUT2D eigenvalue weighted by molar-refractivity contribution is 0.0991. The summed E-state index contributed by atoms with van der Waals surface area (Å²) in [5, 5.41) is 26.1. The zero-order valence-electron chi connectivity index (χ0n) is 16.0. The number of amides is 1. The van der Waals surface area contributed by atoms with Gasteiger partial charge < -0.3 is 9.67 Å². The second-order valence-electron chi connectivity index (χ2n) is 7.15. The van der Waals surface area contributed by atoms with Crippen LogP contribution in [0.2, 0.25) is 0 Å². The number of hydrogen-bond acceptors (Lipinski definition) is 5. The lowest BCUT2D eigenvalue weighted by Crippen LogP contribution is -2.13. The molecule has 2 aromatic carbocycles. The predicted molar refractivity (Wildman–Crippen MR) is 110 cm³/mol. The fourth-order valence-electron chi connectivity index (χ4n) is 3.34. The van der Waals surface area contributed by atoms with Gasteiger partial charge in [0.05, 0.1) is 10.9 Å². The molecule has 2 heterocycles. The van der Waals surface area contributed by atoms with Crippen LogP contribution in [0.15, 0.2) is 63.6 Å². The molecule has 0 spiro atoms. The Bertz CT molecular complexity index is 1320. The number of nitrogens with one attached hydrogen (secondary N) is 1. The summed E-state index contributed by atoms with van der Waals surface area (Å²) in [6, 6.07) is 14.1. The van der Waals surface area contributed by atoms with Gasteiger partial charge in [-0.3, -0.25) is 9.59 Å². The van der Waals surface area contributed by atoms with Crippen LogP contribution < -0.4 is 5.56 Å². The molecule has 4 aromatic rings. The van der Waals surface area contributed by atoms with Crippen LogP contribution in [0, 0.1) is 5.92 Å². The topological polar surface area (TPSA) is 113 Å². The van der Waals surface area contributed by atoms with E-state index in [2.05, 4.69) is 20.4 Å². The van der Waals surface area contributed by atoms with Crippen LogP contribution in [-0.4, -0.2) is 25.8 Å². The van der Waals surface area contributed by atoms with E-state index in [-0.39, 0.29) is 22.8 Å². The number of rotatable bonds is 4. The maximum Gasteiger partial charge on any atom is 0.316 e. The number of nitrogens with zero attached hydrogens (tertiary/aromatic N) is 4. The van der Waals surface area contributed by atoms with Gasteiger partial charge >= 0.3 is 5.91 Å². The molecule has 0 aliphatic heterocycles. The summed E-state index contributed by atoms with van der Waals surface area (Å²) in [6.45, 7) is 4.69. The third-order valence-corrected chi connectivity index (χ3v) is 4.60. The molecule has 8 heteroatoms. The quantitative estimate of drug-likeness (QED) is 0.510. The number of H-pyrrole nitrogens is 1. The maximum atomic E-state index is 12.6. The highest BCUT2D eigenvalue weighted by atomic mass is 16.3. The number of aromatic amines is 1. The Labute approximate surface area is 165 Å². The molecule has 0 aliphatic rings. The third kappa shape index (κ3) is 3.29. The Morgan fingerprint density at radius 2 is 1.76 bits per heavy atom. The molecule has 1 amide bonds. The molecule has 0 aliphatic carbocycles. The molecule has 0 unspecified atom stereocenters. The Morgan fingerprint density at radius 3 is 2.48 bits per heavy atom. The number of para-hydroxylation sites is 1. The average Bonchev–Trinajstić information content (AvgIpc) is 2.97. The SMILES string of the molecule is CC(C)Cn1c(O)c(N=NC(=O)c2n[nH]c(=O)c3ccccc23)c2ccccc21. The van der Waals surface area contributed by atoms with Gasteiger partial charge in [-0.2, -0.15) is 5.10 Å². The molecule has 8 nitrogen and oxygen atoms in total. The van der Waals surface area contributed by atoms with E-state index in [0.717, 1.165) is 5.52 Å². The molecule has 2 N–H and O–H groups in total. The molecule has 2 aromatic heterocycles. The number of azo groups is 1. The Morgan fingerprint density at radius 1 is 1.10 bits per heavy atom. The molecule has 0 atom stereocenters. The molecule has 146 valence electrons. The Balaban J connectivity index is 1.78. The third-order valence-electron chi connectivity index (χ3n) is 4.60. The predicted octanol–water partition coefficient (Wildman–Crippen LogP) is 4.16. The van der Waals surface area contributed by atoms with Gasteiger partial charge in [-0.1, -0.05) is 50.2 Å². The minimum atomic E-state index is -0.711. The van der Waals surface area contributed by atoms with Crippen LogP contribution in [0.25, 0.3) is 21.7 Å². The van der Waals surface area contributed by atoms with Gasteiger partial charge in [-0.15, -0.1) is 10.2 Å². The number of carbonyl (C=O) groups is 1. The van der Waals surface area contributed by atoms with E-state index in [9.17, 15) is 14.7 Å². The standard InChI is InChI=1S/C21H19N5O3/c1-12(2)11-26-16-10-6-5-9-15(16)18(21(26)29)23-25-20(28)17-13-7-3-4-8-14(13)19(27)24-22-17/h3-10,12,29H,11H2,1-2H3,(H,24,27). The van der Waals surface area contributed by atoms with E-state index in [4.69, 9.17) is 0 Å². The summed E-state index contributed by atoms with van der Waals surface area (Å²) in [5.41, 5.74) is 0.647. The summed E-state index contributed by atoms with van der Waals surface area (Å²) in [4.78, 5) is 24.5. The second-order valence-corrected chi connectivity index (χ2v) is 7.15. The fraction of sp³-hybridized carbons (Fsp3) is 0.190. The first kappa shape index (κ1) is 18.5. The normalized spacial score (nSPS) is 11.8. The molecule has 4 rings (SSSR count). The number of benzene rings is 2. The van der Waals surface area contributed by atoms with E-state index in [1.165, 1.54) is 0 Å². The fourth-order valence-corrected chi connectivity index (χ4v) is 3.34. The summed E-state index contributed by atoms with van der Waals surface area (Å²) < 4.78 is 1.76. The smallest absolute Gasteiger partial charge is 0.316 e. The van der Waals surface area contributed by atoms with Crippen LogP contribution in [0.3, 0.4) is 0 Å². The van der Waals surface area contributed by atoms with E-state index < -0.39 is 5.91 Å². The van der Waals surface area contributed by atoms with Gasteiger partial charge in [0, 0.05) is 17.3 Å². The van der Waals surface area contributed by atoms with E-state index in [1.807, 2.05) is 38.1 Å². The number of carbonyl (C=O) groups excluding carboxylic acids is 1. The lowest BCUT2D eigenvalue weighted by Gasteiger charge is -2.09. The Kier molecular flexibility index (Phi) is 4.67. The van der Waals surface area contributed by atoms with Gasteiger partial charge in [0.2, 0.25) is 5.88 Å². The van der Waals surface area contributed by atoms with Crippen molar-refractivity contribution in [2.45, 2.75) is 20.4 Å². The molecule has 29 heavy (non-hydrogen) atoms. The molecule has 0 saturated heterocycles. The Hall–Kier alpha value is -3.81. The van der Waals surface area contributed by atoms with Gasteiger partial charge in [0.15, 0.2) is 11.4 Å². The second kappa shape index (κ2) is 7.31. The van der Waals surface area contributed by atoms with E-state index in [1.54, 1.807) is 28.8 Å². The number of aromatic hydroxyl groups is 1. The van der Waals surface area contributed by atoms with Crippen molar-refractivity contribution in [1.29, 1.82) is 0 Å². The first-order valence-electron chi connectivity index (χ1n) is 9.21. The van der Waals surface area contributed by atoms with Crippen LogP contribution in [0.5, 0.6) is 5.88 Å². The molecule has 0 saturated carbocycles. The minimum absolute atomic E-state index is 0.00522. The van der Waals surface area contributed by atoms with Crippen molar-refractivity contribution in [1.82, 2.24) is 14.8 Å². The van der Waals surface area contributed by atoms with Gasteiger partial charge in [-0.05, 0) is 18.1 Å². The first-order valence-corrected chi connectivity index (χ1v) is 9.21. The molecular formula is C21H19N5O3. The maximum absolute atomic E-state index is 12.6. The highest BCUT2D eigenvalue weighted by Gasteiger charge is 2.18. The highest BCUT2D eigenvalue weighted by molar-refractivity contribution is 6.05. The van der Waals surface area contributed by atoms with Crippen LogP contribution >= 0.6 is 0 Å². The number of aromatic nitrogens is 3. The van der Waals surface area contributed by atoms with Crippen LogP contribution in [-0.2, 0) is 6.54 Å². The summed E-state index contributed by atoms with van der Waals surface area (Å²) >= 11 is 0. The van der Waals surface area contributed by atoms with Crippen molar-refractivity contribution in [2.24, 2.45) is 16.1 Å². The van der Waals surface area contributed by atoms with Gasteiger partial charge in [-0.25, -0.2) is 5.10 Å². The van der Waals surface area contributed by atoms with Crippen molar-refractivity contribution in [2.75, 3.05) is 0 Å². The van der Waals surface area contributed by atoms with E-state index in [0.29, 0.717) is 28.6 Å². The van der Waals surface area contributed by atoms with Gasteiger partial charge in [0.1, 0.15) is 0 Å². The van der Waals surface area contributed by atoms with E-state index >= 15 is 0 Å². The van der Waals surface area contributed by atoms with Crippen molar-refractivity contribution in [3.05, 3.63) is 64.6 Å². The molecule has 0 radical (unpaired) electrons. The van der Waals surface area contributed by atoms with Crippen molar-refractivity contribution in [3.63, 3.8) is 0 Å². The van der Waals surface area contributed by atoms with Crippen LogP contribution in [0.4, 0.5) is 5.69 Å². The first-order chi connectivity index (χ1) is 14.0. The summed E-state index contributed by atoms with van der Waals surface area (Å²) in [5.74, 6) is -0.451. The zero-order valence-corrected chi connectivity index (χ0v) is 16.0. The molecule has 0 fully saturated rings. The number of hydrogen-bond donors (Lipinski definition) is 2. The molecule has 0 bridgehead atoms. The minimum Gasteiger partial charge on any atom is -0.493 e. The zero-order chi connectivity index (χ0) is 20.5.